The minimum atomic E-state index is -0.258. The Morgan fingerprint density at radius 2 is 1.83 bits per heavy atom. The Morgan fingerprint density at radius 1 is 1.10 bits per heavy atom. The molecule has 2 aromatic carbocycles. The Balaban J connectivity index is 1.90. The fourth-order valence-electron chi connectivity index (χ4n) is 2.83. The van der Waals surface area contributed by atoms with Crippen LogP contribution in [0.4, 0.5) is 0 Å². The molecule has 1 amide bonds. The zero-order valence-electron chi connectivity index (χ0n) is 17.1. The topological polar surface area (TPSA) is 59.9 Å². The molecule has 0 aliphatic heterocycles. The van der Waals surface area contributed by atoms with E-state index in [9.17, 15) is 4.79 Å². The predicted octanol–water partition coefficient (Wildman–Crippen LogP) is 5.96. The maximum Gasteiger partial charge on any atom is 0.271 e. The summed E-state index contributed by atoms with van der Waals surface area (Å²) in [5, 5.41) is 4.03. The monoisotopic (exact) mass is 460 g/mol. The average molecular weight is 461 g/mol. The van der Waals surface area contributed by atoms with E-state index in [1.54, 1.807) is 25.5 Å². The van der Waals surface area contributed by atoms with Gasteiger partial charge in [0.05, 0.1) is 24.4 Å². The van der Waals surface area contributed by atoms with Gasteiger partial charge in [0.15, 0.2) is 11.5 Å². The highest BCUT2D eigenvalue weighted by Crippen LogP contribution is 2.36. The van der Waals surface area contributed by atoms with Gasteiger partial charge in [0.1, 0.15) is 0 Å². The summed E-state index contributed by atoms with van der Waals surface area (Å²) in [6, 6.07) is 12.7. The van der Waals surface area contributed by atoms with E-state index >= 15 is 0 Å². The van der Waals surface area contributed by atoms with Gasteiger partial charge in [-0.3, -0.25) is 4.79 Å². The molecule has 0 aliphatic carbocycles. The first-order chi connectivity index (χ1) is 14.2. The molecular formula is C23H29BrN2O3. The Labute approximate surface area is 181 Å². The molecule has 2 aromatic rings. The van der Waals surface area contributed by atoms with E-state index in [-0.39, 0.29) is 5.91 Å². The van der Waals surface area contributed by atoms with Crippen molar-refractivity contribution in [3.8, 4) is 11.5 Å². The van der Waals surface area contributed by atoms with Crippen LogP contribution in [0.1, 0.15) is 61.4 Å². The molecule has 0 aromatic heterocycles. The molecular weight excluding hydrogens is 432 g/mol. The summed E-state index contributed by atoms with van der Waals surface area (Å²) in [5.74, 6) is 1.06. The van der Waals surface area contributed by atoms with E-state index in [1.165, 1.54) is 32.1 Å². The molecule has 0 spiro atoms. The third kappa shape index (κ3) is 7.89. The molecule has 0 fully saturated rings. The van der Waals surface area contributed by atoms with E-state index < -0.39 is 0 Å². The predicted molar refractivity (Wildman–Crippen MR) is 121 cm³/mol. The van der Waals surface area contributed by atoms with Gasteiger partial charge in [-0.25, -0.2) is 5.43 Å². The Kier molecular flexibility index (Phi) is 10.3. The van der Waals surface area contributed by atoms with Crippen molar-refractivity contribution in [2.45, 2.75) is 45.4 Å². The molecule has 0 unspecified atom stereocenters. The number of methoxy groups -OCH3 is 1. The van der Waals surface area contributed by atoms with Crippen molar-refractivity contribution in [2.24, 2.45) is 5.10 Å². The number of benzene rings is 2. The van der Waals surface area contributed by atoms with Crippen LogP contribution in [0, 0.1) is 0 Å². The van der Waals surface area contributed by atoms with Crippen molar-refractivity contribution >= 4 is 28.1 Å². The first kappa shape index (κ1) is 22.9. The number of nitrogens with zero attached hydrogens (tertiary/aromatic N) is 1. The second-order valence-corrected chi connectivity index (χ2v) is 7.57. The fraction of sp³-hybridized carbons (Fsp3) is 0.391. The van der Waals surface area contributed by atoms with Crippen LogP contribution in [0.3, 0.4) is 0 Å². The van der Waals surface area contributed by atoms with Gasteiger partial charge in [-0.2, -0.15) is 5.10 Å². The van der Waals surface area contributed by atoms with Crippen molar-refractivity contribution in [2.75, 3.05) is 13.7 Å². The summed E-state index contributed by atoms with van der Waals surface area (Å²) in [6.07, 6.45) is 8.87. The largest absolute Gasteiger partial charge is 0.493 e. The Hall–Kier alpha value is -2.34. The number of unbranched alkanes of at least 4 members (excludes halogenated alkanes) is 5. The summed E-state index contributed by atoms with van der Waals surface area (Å²) in [4.78, 5) is 12.0. The molecule has 0 saturated heterocycles. The number of carbonyl (C=O) groups excluding carboxylic acids is 1. The van der Waals surface area contributed by atoms with Crippen LogP contribution in [-0.2, 0) is 0 Å². The maximum atomic E-state index is 12.0. The normalized spacial score (nSPS) is 10.9. The van der Waals surface area contributed by atoms with E-state index in [0.29, 0.717) is 23.7 Å². The van der Waals surface area contributed by atoms with Gasteiger partial charge in [0.2, 0.25) is 0 Å². The van der Waals surface area contributed by atoms with Crippen molar-refractivity contribution < 1.29 is 14.3 Å². The minimum absolute atomic E-state index is 0.258. The summed E-state index contributed by atoms with van der Waals surface area (Å²) in [6.45, 7) is 2.88. The van der Waals surface area contributed by atoms with Gasteiger partial charge >= 0.3 is 0 Å². The highest BCUT2D eigenvalue weighted by molar-refractivity contribution is 9.10. The van der Waals surface area contributed by atoms with Gasteiger partial charge < -0.3 is 9.47 Å². The number of carbonyl (C=O) groups is 1. The number of hydrazone groups is 1. The van der Waals surface area contributed by atoms with E-state index in [4.69, 9.17) is 9.47 Å². The maximum absolute atomic E-state index is 12.0. The fourth-order valence-corrected chi connectivity index (χ4v) is 3.40. The quantitative estimate of drug-likeness (QED) is 0.241. The van der Waals surface area contributed by atoms with Gasteiger partial charge in [-0.15, -0.1) is 0 Å². The number of hydrogen-bond acceptors (Lipinski definition) is 4. The third-order valence-electron chi connectivity index (χ3n) is 4.41. The molecule has 0 atom stereocenters. The highest BCUT2D eigenvalue weighted by Gasteiger charge is 2.11. The van der Waals surface area contributed by atoms with Gasteiger partial charge in [-0.1, -0.05) is 57.2 Å². The minimum Gasteiger partial charge on any atom is -0.493 e. The van der Waals surface area contributed by atoms with E-state index in [0.717, 1.165) is 16.5 Å². The number of rotatable bonds is 12. The van der Waals surface area contributed by atoms with Crippen LogP contribution in [0.5, 0.6) is 11.5 Å². The molecule has 5 nitrogen and oxygen atoms in total. The molecule has 0 bridgehead atoms. The third-order valence-corrected chi connectivity index (χ3v) is 5.00. The van der Waals surface area contributed by atoms with Crippen LogP contribution in [0.2, 0.25) is 0 Å². The molecule has 0 radical (unpaired) electrons. The SMILES string of the molecule is CCCCCCCCOc1c(Br)cc(C=NNC(=O)c2ccccc2)cc1OC. The summed E-state index contributed by atoms with van der Waals surface area (Å²) < 4.78 is 12.2. The van der Waals surface area contributed by atoms with Crippen molar-refractivity contribution in [1.29, 1.82) is 0 Å². The Morgan fingerprint density at radius 3 is 2.55 bits per heavy atom. The summed E-state index contributed by atoms with van der Waals surface area (Å²) in [5.41, 5.74) is 3.87. The van der Waals surface area contributed by atoms with Crippen molar-refractivity contribution in [1.82, 2.24) is 5.43 Å². The summed E-state index contributed by atoms with van der Waals surface area (Å²) >= 11 is 3.55. The second kappa shape index (κ2) is 13.0. The molecule has 0 saturated carbocycles. The van der Waals surface area contributed by atoms with E-state index in [1.807, 2.05) is 30.3 Å². The molecule has 156 valence electrons. The van der Waals surface area contributed by atoms with Gasteiger partial charge in [0.25, 0.3) is 5.91 Å². The molecule has 1 N–H and O–H groups in total. The van der Waals surface area contributed by atoms with Crippen molar-refractivity contribution in [3.05, 3.63) is 58.1 Å². The number of hydrogen-bond donors (Lipinski definition) is 1. The number of ether oxygens (including phenoxy) is 2. The number of amides is 1. The second-order valence-electron chi connectivity index (χ2n) is 6.72. The van der Waals surface area contributed by atoms with Crippen molar-refractivity contribution in [3.63, 3.8) is 0 Å². The molecule has 0 heterocycles. The molecule has 6 heteroatoms. The molecule has 0 aliphatic rings. The standard InChI is InChI=1S/C23H29BrN2O3/c1-3-4-5-6-7-11-14-29-22-20(24)15-18(16-21(22)28-2)17-25-26-23(27)19-12-9-8-10-13-19/h8-10,12-13,15-17H,3-7,11,14H2,1-2H3,(H,26,27). The van der Waals surface area contributed by atoms with Crippen LogP contribution in [-0.4, -0.2) is 25.8 Å². The molecule has 29 heavy (non-hydrogen) atoms. The lowest BCUT2D eigenvalue weighted by atomic mass is 10.1. The first-order valence-corrected chi connectivity index (χ1v) is 10.8. The number of halogens is 1. The van der Waals surface area contributed by atoms with Crippen LogP contribution < -0.4 is 14.9 Å². The summed E-state index contributed by atoms with van der Waals surface area (Å²) in [7, 11) is 1.61. The lowest BCUT2D eigenvalue weighted by Gasteiger charge is -2.13. The van der Waals surface area contributed by atoms with Crippen LogP contribution in [0.15, 0.2) is 52.0 Å². The Bertz CT molecular complexity index is 794. The lowest BCUT2D eigenvalue weighted by Crippen LogP contribution is -2.17. The average Bonchev–Trinajstić information content (AvgIpc) is 2.74. The number of nitrogens with one attached hydrogen (secondary N) is 1. The van der Waals surface area contributed by atoms with Gasteiger partial charge in [0, 0.05) is 5.56 Å². The smallest absolute Gasteiger partial charge is 0.271 e. The highest BCUT2D eigenvalue weighted by atomic mass is 79.9. The first-order valence-electron chi connectivity index (χ1n) is 10.0. The zero-order chi connectivity index (χ0) is 20.9. The van der Waals surface area contributed by atoms with Crippen LogP contribution >= 0.6 is 15.9 Å². The lowest BCUT2D eigenvalue weighted by molar-refractivity contribution is 0.0955. The van der Waals surface area contributed by atoms with Crippen LogP contribution in [0.25, 0.3) is 0 Å². The van der Waals surface area contributed by atoms with Gasteiger partial charge in [-0.05, 0) is 52.2 Å². The zero-order valence-corrected chi connectivity index (χ0v) is 18.7. The molecule has 2 rings (SSSR count). The van der Waals surface area contributed by atoms with E-state index in [2.05, 4.69) is 33.4 Å².